The van der Waals surface area contributed by atoms with Gasteiger partial charge in [0.1, 0.15) is 0 Å². The van der Waals surface area contributed by atoms with Gasteiger partial charge < -0.3 is 5.32 Å². The van der Waals surface area contributed by atoms with Gasteiger partial charge >= 0.3 is 0 Å². The second-order valence-corrected chi connectivity index (χ2v) is 4.13. The monoisotopic (exact) mass is 230 g/mol. The SMILES string of the molecule is CCNC(C)c1ccc(-n2ccc(C)n2)nc1. The van der Waals surface area contributed by atoms with Crippen molar-refractivity contribution in [1.82, 2.24) is 20.1 Å². The first-order chi connectivity index (χ1) is 8.20. The van der Waals surface area contributed by atoms with Crippen LogP contribution in [0.4, 0.5) is 0 Å². The van der Waals surface area contributed by atoms with Crippen molar-refractivity contribution in [2.45, 2.75) is 26.8 Å². The summed E-state index contributed by atoms with van der Waals surface area (Å²) in [5.41, 5.74) is 2.19. The average Bonchev–Trinajstić information content (AvgIpc) is 2.76. The van der Waals surface area contributed by atoms with E-state index >= 15 is 0 Å². The Morgan fingerprint density at radius 1 is 1.35 bits per heavy atom. The van der Waals surface area contributed by atoms with Crippen LogP contribution in [0.3, 0.4) is 0 Å². The van der Waals surface area contributed by atoms with Gasteiger partial charge in [-0.05, 0) is 38.1 Å². The summed E-state index contributed by atoms with van der Waals surface area (Å²) >= 11 is 0. The molecule has 4 heteroatoms. The van der Waals surface area contributed by atoms with Crippen LogP contribution in [0.15, 0.2) is 30.6 Å². The van der Waals surface area contributed by atoms with Gasteiger partial charge in [-0.2, -0.15) is 5.10 Å². The molecule has 1 N–H and O–H groups in total. The van der Waals surface area contributed by atoms with Crippen LogP contribution in [0.25, 0.3) is 5.82 Å². The maximum Gasteiger partial charge on any atom is 0.153 e. The number of hydrogen-bond donors (Lipinski definition) is 1. The van der Waals surface area contributed by atoms with Crippen molar-refractivity contribution in [3.63, 3.8) is 0 Å². The first-order valence-corrected chi connectivity index (χ1v) is 5.92. The van der Waals surface area contributed by atoms with Crippen molar-refractivity contribution in [1.29, 1.82) is 0 Å². The van der Waals surface area contributed by atoms with E-state index in [9.17, 15) is 0 Å². The van der Waals surface area contributed by atoms with Crippen LogP contribution in [0, 0.1) is 6.92 Å². The topological polar surface area (TPSA) is 42.7 Å². The molecule has 90 valence electrons. The van der Waals surface area contributed by atoms with Crippen LogP contribution in [-0.4, -0.2) is 21.3 Å². The highest BCUT2D eigenvalue weighted by Gasteiger charge is 2.05. The van der Waals surface area contributed by atoms with Gasteiger partial charge in [-0.25, -0.2) is 9.67 Å². The summed E-state index contributed by atoms with van der Waals surface area (Å²) in [5.74, 6) is 0.852. The average molecular weight is 230 g/mol. The van der Waals surface area contributed by atoms with Gasteiger partial charge in [0.15, 0.2) is 5.82 Å². The molecule has 2 heterocycles. The van der Waals surface area contributed by atoms with Gasteiger partial charge in [-0.15, -0.1) is 0 Å². The molecular formula is C13H18N4. The number of pyridine rings is 1. The van der Waals surface area contributed by atoms with Gasteiger partial charge in [0, 0.05) is 18.4 Å². The Hall–Kier alpha value is -1.68. The summed E-state index contributed by atoms with van der Waals surface area (Å²) in [4.78, 5) is 4.43. The molecule has 1 unspecified atom stereocenters. The van der Waals surface area contributed by atoms with E-state index in [1.807, 2.05) is 31.5 Å². The predicted octanol–water partition coefficient (Wildman–Crippen LogP) is 2.25. The van der Waals surface area contributed by atoms with E-state index in [-0.39, 0.29) is 0 Å². The minimum atomic E-state index is 0.334. The molecule has 2 rings (SSSR count). The number of nitrogens with zero attached hydrogens (tertiary/aromatic N) is 3. The highest BCUT2D eigenvalue weighted by atomic mass is 15.3. The van der Waals surface area contributed by atoms with Crippen LogP contribution in [0.2, 0.25) is 0 Å². The fraction of sp³-hybridized carbons (Fsp3) is 0.385. The molecule has 0 saturated carbocycles. The zero-order chi connectivity index (χ0) is 12.3. The summed E-state index contributed by atoms with van der Waals surface area (Å²) in [6.45, 7) is 7.17. The summed E-state index contributed by atoms with van der Waals surface area (Å²) in [7, 11) is 0. The van der Waals surface area contributed by atoms with Gasteiger partial charge in [0.25, 0.3) is 0 Å². The molecule has 0 aromatic carbocycles. The molecule has 0 spiro atoms. The number of aryl methyl sites for hydroxylation is 1. The number of hydrogen-bond acceptors (Lipinski definition) is 3. The quantitative estimate of drug-likeness (QED) is 0.876. The molecule has 17 heavy (non-hydrogen) atoms. The number of aromatic nitrogens is 3. The van der Waals surface area contributed by atoms with E-state index in [0.717, 1.165) is 18.1 Å². The molecule has 0 fully saturated rings. The van der Waals surface area contributed by atoms with Crippen LogP contribution in [-0.2, 0) is 0 Å². The van der Waals surface area contributed by atoms with Crippen molar-refractivity contribution >= 4 is 0 Å². The van der Waals surface area contributed by atoms with Crippen molar-refractivity contribution in [3.05, 3.63) is 41.9 Å². The fourth-order valence-electron chi connectivity index (χ4n) is 1.76. The molecule has 4 nitrogen and oxygen atoms in total. The van der Waals surface area contributed by atoms with Crippen molar-refractivity contribution in [2.24, 2.45) is 0 Å². The molecule has 2 aromatic rings. The van der Waals surface area contributed by atoms with E-state index < -0.39 is 0 Å². The zero-order valence-electron chi connectivity index (χ0n) is 10.5. The van der Waals surface area contributed by atoms with Crippen LogP contribution in [0.1, 0.15) is 31.1 Å². The Kier molecular flexibility index (Phi) is 3.54. The summed E-state index contributed by atoms with van der Waals surface area (Å²) < 4.78 is 1.79. The number of rotatable bonds is 4. The normalized spacial score (nSPS) is 12.6. The van der Waals surface area contributed by atoms with Crippen molar-refractivity contribution < 1.29 is 0 Å². The van der Waals surface area contributed by atoms with E-state index in [0.29, 0.717) is 6.04 Å². The fourth-order valence-corrected chi connectivity index (χ4v) is 1.76. The third-order valence-corrected chi connectivity index (χ3v) is 2.74. The molecule has 0 bridgehead atoms. The first kappa shape index (κ1) is 11.8. The van der Waals surface area contributed by atoms with Crippen molar-refractivity contribution in [3.8, 4) is 5.82 Å². The largest absolute Gasteiger partial charge is 0.310 e. The lowest BCUT2D eigenvalue weighted by molar-refractivity contribution is 0.595. The van der Waals surface area contributed by atoms with E-state index in [2.05, 4.69) is 35.3 Å². The maximum absolute atomic E-state index is 4.43. The highest BCUT2D eigenvalue weighted by molar-refractivity contribution is 5.26. The van der Waals surface area contributed by atoms with Crippen LogP contribution < -0.4 is 5.32 Å². The Morgan fingerprint density at radius 3 is 2.71 bits per heavy atom. The van der Waals surface area contributed by atoms with Crippen LogP contribution in [0.5, 0.6) is 0 Å². The molecule has 0 aliphatic carbocycles. The van der Waals surface area contributed by atoms with Crippen molar-refractivity contribution in [2.75, 3.05) is 6.54 Å². The van der Waals surface area contributed by atoms with Gasteiger partial charge in [0.2, 0.25) is 0 Å². The van der Waals surface area contributed by atoms with E-state index in [1.54, 1.807) is 4.68 Å². The Labute approximate surface area is 102 Å². The molecule has 1 atom stereocenters. The van der Waals surface area contributed by atoms with E-state index in [1.165, 1.54) is 5.56 Å². The lowest BCUT2D eigenvalue weighted by Crippen LogP contribution is -2.17. The minimum Gasteiger partial charge on any atom is -0.310 e. The van der Waals surface area contributed by atoms with Gasteiger partial charge in [0.05, 0.1) is 5.69 Å². The maximum atomic E-state index is 4.43. The minimum absolute atomic E-state index is 0.334. The molecule has 2 aromatic heterocycles. The molecule has 0 aliphatic rings. The lowest BCUT2D eigenvalue weighted by Gasteiger charge is -2.12. The van der Waals surface area contributed by atoms with Gasteiger partial charge in [-0.3, -0.25) is 0 Å². The summed E-state index contributed by atoms with van der Waals surface area (Å²) in [6.07, 6.45) is 3.82. The first-order valence-electron chi connectivity index (χ1n) is 5.92. The Bertz CT molecular complexity index is 472. The third-order valence-electron chi connectivity index (χ3n) is 2.74. The predicted molar refractivity (Wildman–Crippen MR) is 68.2 cm³/mol. The highest BCUT2D eigenvalue weighted by Crippen LogP contribution is 2.12. The summed E-state index contributed by atoms with van der Waals surface area (Å²) in [6, 6.07) is 6.39. The molecule has 0 radical (unpaired) electrons. The Morgan fingerprint density at radius 2 is 2.18 bits per heavy atom. The van der Waals surface area contributed by atoms with Gasteiger partial charge in [-0.1, -0.05) is 13.0 Å². The smallest absolute Gasteiger partial charge is 0.153 e. The lowest BCUT2D eigenvalue weighted by atomic mass is 10.1. The van der Waals surface area contributed by atoms with Crippen LogP contribution >= 0.6 is 0 Å². The number of nitrogens with one attached hydrogen (secondary N) is 1. The molecule has 0 amide bonds. The standard InChI is InChI=1S/C13H18N4/c1-4-14-11(3)12-5-6-13(15-9-12)17-8-7-10(2)16-17/h5-9,11,14H,4H2,1-3H3. The molecule has 0 saturated heterocycles. The second-order valence-electron chi connectivity index (χ2n) is 4.13. The second kappa shape index (κ2) is 5.10. The Balaban J connectivity index is 2.18. The van der Waals surface area contributed by atoms with E-state index in [4.69, 9.17) is 0 Å². The third kappa shape index (κ3) is 2.71. The summed E-state index contributed by atoms with van der Waals surface area (Å²) in [5, 5.41) is 7.69. The zero-order valence-corrected chi connectivity index (χ0v) is 10.5. The molecule has 0 aliphatic heterocycles. The molecular weight excluding hydrogens is 212 g/mol.